The molecule has 1 saturated heterocycles. The highest BCUT2D eigenvalue weighted by molar-refractivity contribution is 9.10. The van der Waals surface area contributed by atoms with Crippen LogP contribution < -0.4 is 0 Å². The molecule has 1 aliphatic heterocycles. The van der Waals surface area contributed by atoms with Gasteiger partial charge in [0.15, 0.2) is 16.7 Å². The standard InChI is InChI=1S/C22H25BrN4OS/c1-15-8-10-28-19(15)20-24-25-21(26(20)2)29-11-3-9-27-13-17-12-22(17,14-27)16-4-6-18(23)7-5-16/h4-8,10,17H,3,9,11-14H2,1-2H3/t17-,22?/m0/s1. The average molecular weight is 473 g/mol. The summed E-state index contributed by atoms with van der Waals surface area (Å²) in [5.41, 5.74) is 3.03. The first-order valence-electron chi connectivity index (χ1n) is 10.1. The van der Waals surface area contributed by atoms with Crippen molar-refractivity contribution in [2.45, 2.75) is 30.3 Å². The molecule has 0 radical (unpaired) electrons. The Hall–Kier alpha value is -1.57. The van der Waals surface area contributed by atoms with Crippen LogP contribution in [0.1, 0.15) is 24.0 Å². The molecule has 152 valence electrons. The number of nitrogens with zero attached hydrogens (tertiary/aromatic N) is 4. The first-order chi connectivity index (χ1) is 14.1. The highest BCUT2D eigenvalue weighted by Gasteiger charge is 2.60. The maximum atomic E-state index is 5.56. The van der Waals surface area contributed by atoms with Crippen molar-refractivity contribution < 1.29 is 4.42 Å². The van der Waals surface area contributed by atoms with E-state index >= 15 is 0 Å². The van der Waals surface area contributed by atoms with Crippen LogP contribution in [0.15, 0.2) is 50.6 Å². The Morgan fingerprint density at radius 1 is 1.24 bits per heavy atom. The summed E-state index contributed by atoms with van der Waals surface area (Å²) in [7, 11) is 2.01. The van der Waals surface area contributed by atoms with Crippen LogP contribution in [0.3, 0.4) is 0 Å². The van der Waals surface area contributed by atoms with Crippen LogP contribution >= 0.6 is 27.7 Å². The van der Waals surface area contributed by atoms with Gasteiger partial charge in [0.25, 0.3) is 0 Å². The van der Waals surface area contributed by atoms with Gasteiger partial charge in [-0.1, -0.05) is 39.8 Å². The van der Waals surface area contributed by atoms with Gasteiger partial charge >= 0.3 is 0 Å². The maximum absolute atomic E-state index is 5.56. The van der Waals surface area contributed by atoms with Crippen molar-refractivity contribution in [1.29, 1.82) is 0 Å². The third-order valence-corrected chi connectivity index (χ3v) is 8.02. The maximum Gasteiger partial charge on any atom is 0.200 e. The van der Waals surface area contributed by atoms with Crippen LogP contribution in [0.5, 0.6) is 0 Å². The molecular formula is C22H25BrN4OS. The van der Waals surface area contributed by atoms with E-state index in [0.29, 0.717) is 5.41 Å². The normalized spacial score (nSPS) is 23.5. The fraction of sp³-hybridized carbons (Fsp3) is 0.455. The molecule has 3 aromatic rings. The van der Waals surface area contributed by atoms with Gasteiger partial charge in [0.2, 0.25) is 0 Å². The number of aromatic nitrogens is 3. The predicted molar refractivity (Wildman–Crippen MR) is 119 cm³/mol. The second-order valence-corrected chi connectivity index (χ2v) is 10.3. The third-order valence-electron chi connectivity index (χ3n) is 6.39. The summed E-state index contributed by atoms with van der Waals surface area (Å²) < 4.78 is 8.76. The molecule has 3 heterocycles. The first kappa shape index (κ1) is 19.4. The first-order valence-corrected chi connectivity index (χ1v) is 11.9. The van der Waals surface area contributed by atoms with Crippen molar-refractivity contribution in [3.8, 4) is 11.6 Å². The van der Waals surface area contributed by atoms with Gasteiger partial charge in [-0.3, -0.25) is 0 Å². The monoisotopic (exact) mass is 472 g/mol. The summed E-state index contributed by atoms with van der Waals surface area (Å²) in [5, 5.41) is 9.63. The Labute approximate surface area is 184 Å². The second-order valence-electron chi connectivity index (χ2n) is 8.30. The number of hydrogen-bond acceptors (Lipinski definition) is 5. The number of piperidine rings is 1. The SMILES string of the molecule is Cc1ccoc1-c1nnc(SCCCN2C[C@@H]3CC3(c3ccc(Br)cc3)C2)n1C. The van der Waals surface area contributed by atoms with Crippen molar-refractivity contribution in [2.75, 3.05) is 25.4 Å². The van der Waals surface area contributed by atoms with E-state index in [-0.39, 0.29) is 0 Å². The van der Waals surface area contributed by atoms with Crippen LogP contribution in [0.2, 0.25) is 0 Å². The number of benzene rings is 1. The smallest absolute Gasteiger partial charge is 0.200 e. The van der Waals surface area contributed by atoms with Crippen molar-refractivity contribution in [1.82, 2.24) is 19.7 Å². The summed E-state index contributed by atoms with van der Waals surface area (Å²) in [6.07, 6.45) is 4.22. The highest BCUT2D eigenvalue weighted by atomic mass is 79.9. The van der Waals surface area contributed by atoms with Gasteiger partial charge in [0.05, 0.1) is 6.26 Å². The minimum atomic E-state index is 0.424. The molecule has 5 rings (SSSR count). The number of rotatable bonds is 7. The number of thioether (sulfide) groups is 1. The Bertz CT molecular complexity index is 1010. The summed E-state index contributed by atoms with van der Waals surface area (Å²) in [6.45, 7) is 5.63. The van der Waals surface area contributed by atoms with Gasteiger partial charge in [0, 0.05) is 35.8 Å². The number of hydrogen-bond donors (Lipinski definition) is 0. The lowest BCUT2D eigenvalue weighted by Crippen LogP contribution is -2.27. The quantitative estimate of drug-likeness (QED) is 0.361. The zero-order chi connectivity index (χ0) is 20.0. The summed E-state index contributed by atoms with van der Waals surface area (Å²) in [4.78, 5) is 2.64. The topological polar surface area (TPSA) is 47.1 Å². The Morgan fingerprint density at radius 2 is 2.07 bits per heavy atom. The number of halogens is 1. The molecule has 7 heteroatoms. The van der Waals surface area contributed by atoms with Gasteiger partial charge < -0.3 is 13.9 Å². The fourth-order valence-electron chi connectivity index (χ4n) is 4.68. The van der Waals surface area contributed by atoms with Crippen LogP contribution in [0, 0.1) is 12.8 Å². The van der Waals surface area contributed by atoms with E-state index in [0.717, 1.165) is 51.4 Å². The van der Waals surface area contributed by atoms with E-state index < -0.39 is 0 Å². The third kappa shape index (κ3) is 3.57. The van der Waals surface area contributed by atoms with Gasteiger partial charge in [-0.05, 0) is 61.6 Å². The lowest BCUT2D eigenvalue weighted by molar-refractivity contribution is 0.299. The van der Waals surface area contributed by atoms with Crippen molar-refractivity contribution in [3.63, 3.8) is 0 Å². The van der Waals surface area contributed by atoms with Crippen LogP contribution in [0.25, 0.3) is 11.6 Å². The second kappa shape index (κ2) is 7.60. The van der Waals surface area contributed by atoms with Gasteiger partial charge in [-0.2, -0.15) is 0 Å². The van der Waals surface area contributed by atoms with Gasteiger partial charge in [-0.25, -0.2) is 0 Å². The molecule has 1 aromatic carbocycles. The Kier molecular flexibility index (Phi) is 5.08. The molecule has 0 bridgehead atoms. The van der Waals surface area contributed by atoms with Crippen LogP contribution in [-0.2, 0) is 12.5 Å². The Balaban J connectivity index is 1.13. The molecule has 2 aliphatic rings. The number of fused-ring (bicyclic) bond motifs is 1. The van der Waals surface area contributed by atoms with Crippen molar-refractivity contribution in [2.24, 2.45) is 13.0 Å². The van der Waals surface area contributed by atoms with E-state index in [1.807, 2.05) is 24.6 Å². The van der Waals surface area contributed by atoms with Crippen molar-refractivity contribution in [3.05, 3.63) is 52.2 Å². The minimum absolute atomic E-state index is 0.424. The molecule has 1 saturated carbocycles. The highest BCUT2D eigenvalue weighted by Crippen LogP contribution is 2.59. The minimum Gasteiger partial charge on any atom is -0.461 e. The summed E-state index contributed by atoms with van der Waals surface area (Å²) in [6, 6.07) is 10.9. The van der Waals surface area contributed by atoms with Crippen LogP contribution in [0.4, 0.5) is 0 Å². The lowest BCUT2D eigenvalue weighted by Gasteiger charge is -2.21. The van der Waals surface area contributed by atoms with Gasteiger partial charge in [-0.15, -0.1) is 10.2 Å². The molecule has 0 amide bonds. The molecule has 2 atom stereocenters. The van der Waals surface area contributed by atoms with E-state index in [1.165, 1.54) is 25.1 Å². The molecule has 5 nitrogen and oxygen atoms in total. The molecule has 0 spiro atoms. The molecule has 2 fully saturated rings. The predicted octanol–water partition coefficient (Wildman–Crippen LogP) is 4.90. The van der Waals surface area contributed by atoms with E-state index in [4.69, 9.17) is 4.42 Å². The molecule has 1 unspecified atom stereocenters. The lowest BCUT2D eigenvalue weighted by atomic mass is 9.95. The van der Waals surface area contributed by atoms with Gasteiger partial charge in [0.1, 0.15) is 0 Å². The number of likely N-dealkylation sites (tertiary alicyclic amines) is 1. The zero-order valence-corrected chi connectivity index (χ0v) is 19.2. The summed E-state index contributed by atoms with van der Waals surface area (Å²) in [5.74, 6) is 3.50. The molecular weight excluding hydrogens is 448 g/mol. The molecule has 29 heavy (non-hydrogen) atoms. The fourth-order valence-corrected chi connectivity index (χ4v) is 5.78. The van der Waals surface area contributed by atoms with Crippen molar-refractivity contribution >= 4 is 27.7 Å². The largest absolute Gasteiger partial charge is 0.461 e. The molecule has 2 aromatic heterocycles. The van der Waals surface area contributed by atoms with E-state index in [1.54, 1.807) is 18.0 Å². The molecule has 1 aliphatic carbocycles. The Morgan fingerprint density at radius 3 is 2.83 bits per heavy atom. The van der Waals surface area contributed by atoms with E-state index in [9.17, 15) is 0 Å². The van der Waals surface area contributed by atoms with Crippen LogP contribution in [-0.4, -0.2) is 45.1 Å². The zero-order valence-electron chi connectivity index (χ0n) is 16.8. The number of aryl methyl sites for hydroxylation is 1. The van der Waals surface area contributed by atoms with E-state index in [2.05, 4.69) is 55.3 Å². The molecule has 0 N–H and O–H groups in total. The average Bonchev–Trinajstić information content (AvgIpc) is 3.02. The number of furan rings is 1. The summed E-state index contributed by atoms with van der Waals surface area (Å²) >= 11 is 5.33.